The predicted octanol–water partition coefficient (Wildman–Crippen LogP) is 0.893. The van der Waals surface area contributed by atoms with Gasteiger partial charge in [0.1, 0.15) is 12.2 Å². The van der Waals surface area contributed by atoms with E-state index in [0.717, 1.165) is 6.08 Å². The minimum Gasteiger partial charge on any atom is -0.478 e. The maximum atomic E-state index is 12.9. The van der Waals surface area contributed by atoms with E-state index in [0.29, 0.717) is 10.6 Å². The average molecular weight is 433 g/mol. The first-order valence-electron chi connectivity index (χ1n) is 8.69. The van der Waals surface area contributed by atoms with Crippen molar-refractivity contribution in [3.63, 3.8) is 0 Å². The van der Waals surface area contributed by atoms with E-state index in [1.165, 1.54) is 6.07 Å². The highest BCUT2D eigenvalue weighted by Crippen LogP contribution is 2.41. The second kappa shape index (κ2) is 8.10. The van der Waals surface area contributed by atoms with Crippen molar-refractivity contribution in [1.29, 1.82) is 0 Å². The van der Waals surface area contributed by atoms with Crippen LogP contribution in [-0.4, -0.2) is 66.2 Å². The van der Waals surface area contributed by atoms with E-state index in [-0.39, 0.29) is 24.2 Å². The molecular weight excluding hydrogens is 412 g/mol. The van der Waals surface area contributed by atoms with Gasteiger partial charge < -0.3 is 24.8 Å². The molecule has 0 saturated carbocycles. The van der Waals surface area contributed by atoms with Crippen LogP contribution >= 0.6 is 11.6 Å². The van der Waals surface area contributed by atoms with Gasteiger partial charge in [-0.3, -0.25) is 0 Å². The van der Waals surface area contributed by atoms with Crippen molar-refractivity contribution in [3.05, 3.63) is 46.5 Å². The van der Waals surface area contributed by atoms with Crippen molar-refractivity contribution in [2.24, 2.45) is 0 Å². The third-order valence-corrected chi connectivity index (χ3v) is 7.22. The van der Waals surface area contributed by atoms with Crippen LogP contribution in [0.2, 0.25) is 5.02 Å². The van der Waals surface area contributed by atoms with Crippen molar-refractivity contribution in [3.8, 4) is 0 Å². The second-order valence-electron chi connectivity index (χ2n) is 6.86. The lowest BCUT2D eigenvalue weighted by Gasteiger charge is -2.33. The standard InChI is InChI=1S/C18H21ClO8S/c19-12-3-1-2-11(6-12)10-28(24,25)16-4-5-18(7-13(16)17(22)23)26-14(8-20)15(9-21)27-18/h1-3,6-7,14-16,20-21H,4-5,8-10H2,(H,22,23)/t14-,15-,16?/m1/s1. The topological polar surface area (TPSA) is 130 Å². The Kier molecular flexibility index (Phi) is 6.14. The van der Waals surface area contributed by atoms with Crippen LogP contribution in [0.4, 0.5) is 0 Å². The van der Waals surface area contributed by atoms with E-state index in [1.807, 2.05) is 0 Å². The number of aliphatic hydroxyl groups excluding tert-OH is 2. The summed E-state index contributed by atoms with van der Waals surface area (Å²) in [5, 5.41) is 27.5. The summed E-state index contributed by atoms with van der Waals surface area (Å²) < 4.78 is 37.1. The summed E-state index contributed by atoms with van der Waals surface area (Å²) in [5.41, 5.74) is 0.120. The highest BCUT2D eigenvalue weighted by molar-refractivity contribution is 7.91. The molecule has 154 valence electrons. The zero-order chi connectivity index (χ0) is 20.5. The summed E-state index contributed by atoms with van der Waals surface area (Å²) >= 11 is 5.90. The first kappa shape index (κ1) is 21.2. The number of hydrogen-bond donors (Lipinski definition) is 3. The lowest BCUT2D eigenvalue weighted by molar-refractivity contribution is -0.153. The Morgan fingerprint density at radius 3 is 2.39 bits per heavy atom. The Morgan fingerprint density at radius 1 is 1.21 bits per heavy atom. The van der Waals surface area contributed by atoms with Crippen LogP contribution in [0.1, 0.15) is 18.4 Å². The molecule has 10 heteroatoms. The van der Waals surface area contributed by atoms with Crippen LogP contribution in [-0.2, 0) is 29.9 Å². The molecule has 3 N–H and O–H groups in total. The Hall–Kier alpha value is -1.49. The number of halogens is 1. The van der Waals surface area contributed by atoms with E-state index in [9.17, 15) is 28.5 Å². The summed E-state index contributed by atoms with van der Waals surface area (Å²) in [6, 6.07) is 6.38. The number of carbonyl (C=O) groups is 1. The lowest BCUT2D eigenvalue weighted by Crippen LogP contribution is -2.41. The van der Waals surface area contributed by atoms with Gasteiger partial charge in [0, 0.05) is 11.4 Å². The number of rotatable bonds is 6. The summed E-state index contributed by atoms with van der Waals surface area (Å²) in [4.78, 5) is 11.8. The highest BCUT2D eigenvalue weighted by Gasteiger charge is 2.51. The molecule has 1 aliphatic carbocycles. The van der Waals surface area contributed by atoms with E-state index < -0.39 is 52.3 Å². The molecule has 3 atom stereocenters. The van der Waals surface area contributed by atoms with Crippen LogP contribution < -0.4 is 0 Å². The SMILES string of the molecule is O=C(O)C1=CC2(CCC1S(=O)(=O)Cc1cccc(Cl)c1)O[C@H](CO)[C@@H](CO)O2. The van der Waals surface area contributed by atoms with Crippen molar-refractivity contribution in [2.75, 3.05) is 13.2 Å². The number of carboxylic acids is 1. The van der Waals surface area contributed by atoms with Crippen molar-refractivity contribution >= 4 is 27.4 Å². The van der Waals surface area contributed by atoms with Crippen LogP contribution in [0.15, 0.2) is 35.9 Å². The largest absolute Gasteiger partial charge is 0.478 e. The third-order valence-electron chi connectivity index (χ3n) is 4.89. The second-order valence-corrected chi connectivity index (χ2v) is 9.48. The summed E-state index contributed by atoms with van der Waals surface area (Å²) in [6.45, 7) is -0.834. The minimum absolute atomic E-state index is 0.0304. The number of carboxylic acid groups (broad SMARTS) is 1. The number of benzene rings is 1. The van der Waals surface area contributed by atoms with Gasteiger partial charge in [-0.2, -0.15) is 0 Å². The van der Waals surface area contributed by atoms with Gasteiger partial charge in [0.15, 0.2) is 15.6 Å². The molecule has 0 aromatic heterocycles. The molecule has 1 unspecified atom stereocenters. The van der Waals surface area contributed by atoms with Crippen LogP contribution in [0.3, 0.4) is 0 Å². The molecule has 0 amide bonds. The molecule has 28 heavy (non-hydrogen) atoms. The van der Waals surface area contributed by atoms with Crippen LogP contribution in [0, 0.1) is 0 Å². The fraction of sp³-hybridized carbons (Fsp3) is 0.500. The van der Waals surface area contributed by atoms with Crippen molar-refractivity contribution < 1.29 is 38.0 Å². The molecule has 3 rings (SSSR count). The van der Waals surface area contributed by atoms with Crippen molar-refractivity contribution in [2.45, 2.75) is 41.8 Å². The summed E-state index contributed by atoms with van der Waals surface area (Å²) in [6.07, 6.45) is -0.447. The first-order chi connectivity index (χ1) is 13.2. The summed E-state index contributed by atoms with van der Waals surface area (Å²) in [5.74, 6) is -3.22. The number of aliphatic hydroxyl groups is 2. The fourth-order valence-electron chi connectivity index (χ4n) is 3.61. The number of sulfone groups is 1. The molecule has 1 aromatic rings. The maximum Gasteiger partial charge on any atom is 0.332 e. The van der Waals surface area contributed by atoms with Crippen LogP contribution in [0.25, 0.3) is 0 Å². The Labute approximate surface area is 167 Å². The minimum atomic E-state index is -3.85. The van der Waals surface area contributed by atoms with Gasteiger partial charge in [0.25, 0.3) is 0 Å². The van der Waals surface area contributed by atoms with Gasteiger partial charge in [-0.15, -0.1) is 0 Å². The lowest BCUT2D eigenvalue weighted by atomic mass is 9.94. The predicted molar refractivity (Wildman–Crippen MR) is 99.5 cm³/mol. The maximum absolute atomic E-state index is 12.9. The van der Waals surface area contributed by atoms with Gasteiger partial charge in [-0.05, 0) is 30.2 Å². The fourth-order valence-corrected chi connectivity index (χ4v) is 5.70. The monoisotopic (exact) mass is 432 g/mol. The first-order valence-corrected chi connectivity index (χ1v) is 10.8. The molecule has 8 nitrogen and oxygen atoms in total. The smallest absolute Gasteiger partial charge is 0.332 e. The molecule has 1 aliphatic heterocycles. The molecule has 1 saturated heterocycles. The number of aliphatic carboxylic acids is 1. The molecule has 0 radical (unpaired) electrons. The molecule has 2 aliphatic rings. The Balaban J connectivity index is 1.90. The van der Waals surface area contributed by atoms with E-state index >= 15 is 0 Å². The zero-order valence-electron chi connectivity index (χ0n) is 14.8. The van der Waals surface area contributed by atoms with Crippen LogP contribution in [0.5, 0.6) is 0 Å². The highest BCUT2D eigenvalue weighted by atomic mass is 35.5. The van der Waals surface area contributed by atoms with Gasteiger partial charge >= 0.3 is 5.97 Å². The molecule has 0 bridgehead atoms. The van der Waals surface area contributed by atoms with E-state index in [4.69, 9.17) is 21.1 Å². The van der Waals surface area contributed by atoms with Gasteiger partial charge in [-0.1, -0.05) is 23.7 Å². The Morgan fingerprint density at radius 2 is 1.86 bits per heavy atom. The average Bonchev–Trinajstić information content (AvgIpc) is 2.98. The number of hydrogen-bond acceptors (Lipinski definition) is 7. The van der Waals surface area contributed by atoms with Gasteiger partial charge in [0.2, 0.25) is 0 Å². The molecule has 1 heterocycles. The summed E-state index contributed by atoms with van der Waals surface area (Å²) in [7, 11) is -3.85. The number of ether oxygens (including phenoxy) is 2. The third kappa shape index (κ3) is 4.24. The van der Waals surface area contributed by atoms with Gasteiger partial charge in [-0.25, -0.2) is 13.2 Å². The van der Waals surface area contributed by atoms with Gasteiger partial charge in [0.05, 0.1) is 29.8 Å². The normalized spacial score (nSPS) is 27.0. The zero-order valence-corrected chi connectivity index (χ0v) is 16.4. The quantitative estimate of drug-likeness (QED) is 0.604. The molecule has 1 fully saturated rings. The molecule has 1 aromatic carbocycles. The molecular formula is C18H21ClO8S. The molecule has 1 spiro atoms. The van der Waals surface area contributed by atoms with Crippen molar-refractivity contribution in [1.82, 2.24) is 0 Å². The van der Waals surface area contributed by atoms with E-state index in [1.54, 1.807) is 18.2 Å². The Bertz CT molecular complexity index is 869. The van der Waals surface area contributed by atoms with E-state index in [2.05, 4.69) is 0 Å².